The highest BCUT2D eigenvalue weighted by Crippen LogP contribution is 2.42. The summed E-state index contributed by atoms with van der Waals surface area (Å²) in [4.78, 5) is 12.6. The molecule has 0 aliphatic heterocycles. The van der Waals surface area contributed by atoms with Gasteiger partial charge in [0.25, 0.3) is 0 Å². The zero-order chi connectivity index (χ0) is 17.0. The maximum absolute atomic E-state index is 12.6. The van der Waals surface area contributed by atoms with Gasteiger partial charge in [0.1, 0.15) is 5.75 Å². The molecular formula is C19H25N3O2. The van der Waals surface area contributed by atoms with Gasteiger partial charge in [0, 0.05) is 30.4 Å². The van der Waals surface area contributed by atoms with Crippen molar-refractivity contribution < 1.29 is 9.53 Å². The third-order valence-corrected chi connectivity index (χ3v) is 4.94. The van der Waals surface area contributed by atoms with Crippen molar-refractivity contribution in [2.45, 2.75) is 51.1 Å². The SMILES string of the molecule is COc1ccccc1C1(NC(=O)CCn2nccc2C)CCCC1. The Bertz CT molecular complexity index is 702. The van der Waals surface area contributed by atoms with Crippen LogP contribution in [0, 0.1) is 6.92 Å². The summed E-state index contributed by atoms with van der Waals surface area (Å²) >= 11 is 0. The number of carbonyl (C=O) groups excluding carboxylic acids is 1. The number of carbonyl (C=O) groups is 1. The fourth-order valence-corrected chi connectivity index (χ4v) is 3.65. The van der Waals surface area contributed by atoms with E-state index in [0.717, 1.165) is 42.7 Å². The Morgan fingerprint density at radius 2 is 2.04 bits per heavy atom. The first kappa shape index (κ1) is 16.6. The van der Waals surface area contributed by atoms with Gasteiger partial charge in [-0.15, -0.1) is 0 Å². The second-order valence-corrected chi connectivity index (χ2v) is 6.48. The van der Waals surface area contributed by atoms with E-state index in [1.165, 1.54) is 0 Å². The number of para-hydroxylation sites is 1. The lowest BCUT2D eigenvalue weighted by atomic mass is 9.87. The third-order valence-electron chi connectivity index (χ3n) is 4.94. The molecule has 5 heteroatoms. The molecule has 1 aromatic heterocycles. The topological polar surface area (TPSA) is 56.1 Å². The minimum absolute atomic E-state index is 0.0673. The number of ether oxygens (including phenoxy) is 1. The van der Waals surface area contributed by atoms with Crippen LogP contribution in [-0.2, 0) is 16.9 Å². The van der Waals surface area contributed by atoms with E-state index < -0.39 is 0 Å². The summed E-state index contributed by atoms with van der Waals surface area (Å²) in [5.74, 6) is 0.917. The molecule has 1 amide bonds. The molecule has 1 fully saturated rings. The summed E-state index contributed by atoms with van der Waals surface area (Å²) in [6.45, 7) is 2.60. The van der Waals surface area contributed by atoms with E-state index in [4.69, 9.17) is 4.74 Å². The van der Waals surface area contributed by atoms with E-state index in [0.29, 0.717) is 13.0 Å². The number of nitrogens with zero attached hydrogens (tertiary/aromatic N) is 2. The molecule has 3 rings (SSSR count). The Balaban J connectivity index is 1.74. The van der Waals surface area contributed by atoms with Crippen molar-refractivity contribution in [1.82, 2.24) is 15.1 Å². The lowest BCUT2D eigenvalue weighted by Crippen LogP contribution is -2.44. The molecule has 1 aromatic carbocycles. The summed E-state index contributed by atoms with van der Waals surface area (Å²) in [5, 5.41) is 7.54. The zero-order valence-electron chi connectivity index (χ0n) is 14.4. The summed E-state index contributed by atoms with van der Waals surface area (Å²) < 4.78 is 7.40. The smallest absolute Gasteiger partial charge is 0.222 e. The van der Waals surface area contributed by atoms with Gasteiger partial charge < -0.3 is 10.1 Å². The van der Waals surface area contributed by atoms with Crippen molar-refractivity contribution in [2.75, 3.05) is 7.11 Å². The molecule has 2 aromatic rings. The largest absolute Gasteiger partial charge is 0.496 e. The molecule has 0 atom stereocenters. The number of methoxy groups -OCH3 is 1. The summed E-state index contributed by atoms with van der Waals surface area (Å²) in [6, 6.07) is 9.96. The molecule has 1 aliphatic carbocycles. The van der Waals surface area contributed by atoms with Crippen molar-refractivity contribution in [3.63, 3.8) is 0 Å². The molecule has 1 N–H and O–H groups in total. The number of hydrogen-bond donors (Lipinski definition) is 1. The normalized spacial score (nSPS) is 16.1. The van der Waals surface area contributed by atoms with Crippen LogP contribution in [0.1, 0.15) is 43.4 Å². The van der Waals surface area contributed by atoms with Crippen molar-refractivity contribution >= 4 is 5.91 Å². The molecule has 128 valence electrons. The number of rotatable bonds is 6. The second kappa shape index (κ2) is 7.07. The third kappa shape index (κ3) is 3.30. The summed E-state index contributed by atoms with van der Waals surface area (Å²) in [5.41, 5.74) is 1.86. The number of nitrogens with one attached hydrogen (secondary N) is 1. The predicted octanol–water partition coefficient (Wildman–Crippen LogP) is 3.18. The van der Waals surface area contributed by atoms with E-state index in [2.05, 4.69) is 16.5 Å². The Morgan fingerprint density at radius 3 is 2.71 bits per heavy atom. The van der Waals surface area contributed by atoms with Gasteiger partial charge in [-0.2, -0.15) is 5.10 Å². The van der Waals surface area contributed by atoms with Crippen molar-refractivity contribution in [2.24, 2.45) is 0 Å². The molecule has 0 saturated heterocycles. The zero-order valence-corrected chi connectivity index (χ0v) is 14.4. The number of hydrogen-bond acceptors (Lipinski definition) is 3. The lowest BCUT2D eigenvalue weighted by molar-refractivity contribution is -0.123. The number of benzene rings is 1. The van der Waals surface area contributed by atoms with Gasteiger partial charge in [-0.05, 0) is 31.9 Å². The Labute approximate surface area is 143 Å². The van der Waals surface area contributed by atoms with Gasteiger partial charge in [0.05, 0.1) is 12.6 Å². The van der Waals surface area contributed by atoms with E-state index in [9.17, 15) is 4.79 Å². The van der Waals surface area contributed by atoms with Crippen LogP contribution < -0.4 is 10.1 Å². The highest BCUT2D eigenvalue weighted by Gasteiger charge is 2.38. The molecular weight excluding hydrogens is 302 g/mol. The van der Waals surface area contributed by atoms with Crippen LogP contribution in [0.4, 0.5) is 0 Å². The van der Waals surface area contributed by atoms with E-state index >= 15 is 0 Å². The monoisotopic (exact) mass is 327 g/mol. The van der Waals surface area contributed by atoms with Crippen LogP contribution in [0.5, 0.6) is 5.75 Å². The van der Waals surface area contributed by atoms with Crippen LogP contribution in [0.2, 0.25) is 0 Å². The highest BCUT2D eigenvalue weighted by molar-refractivity contribution is 5.77. The number of aromatic nitrogens is 2. The van der Waals surface area contributed by atoms with Gasteiger partial charge in [-0.3, -0.25) is 9.48 Å². The number of amides is 1. The molecule has 0 spiro atoms. The van der Waals surface area contributed by atoms with Gasteiger partial charge in [-0.25, -0.2) is 0 Å². The number of aryl methyl sites for hydroxylation is 2. The van der Waals surface area contributed by atoms with Crippen molar-refractivity contribution in [1.29, 1.82) is 0 Å². The molecule has 1 heterocycles. The van der Waals surface area contributed by atoms with Gasteiger partial charge in [0.2, 0.25) is 5.91 Å². The van der Waals surface area contributed by atoms with Crippen molar-refractivity contribution in [3.8, 4) is 5.75 Å². The Morgan fingerprint density at radius 1 is 1.29 bits per heavy atom. The van der Waals surface area contributed by atoms with Crippen LogP contribution in [0.3, 0.4) is 0 Å². The fraction of sp³-hybridized carbons (Fsp3) is 0.474. The van der Waals surface area contributed by atoms with E-state index in [1.807, 2.05) is 35.9 Å². The van der Waals surface area contributed by atoms with Gasteiger partial charge in [0.15, 0.2) is 0 Å². The van der Waals surface area contributed by atoms with Crippen LogP contribution in [-0.4, -0.2) is 22.8 Å². The average Bonchev–Trinajstić information content (AvgIpc) is 3.23. The van der Waals surface area contributed by atoms with E-state index in [-0.39, 0.29) is 11.4 Å². The molecule has 1 aliphatic rings. The summed E-state index contributed by atoms with van der Waals surface area (Å²) in [7, 11) is 1.68. The standard InChI is InChI=1S/C19H25N3O2/c1-15-9-13-20-22(15)14-10-18(23)21-19(11-5-6-12-19)16-7-3-4-8-17(16)24-2/h3-4,7-9,13H,5-6,10-12,14H2,1-2H3,(H,21,23). The second-order valence-electron chi connectivity index (χ2n) is 6.48. The lowest BCUT2D eigenvalue weighted by Gasteiger charge is -2.32. The Kier molecular flexibility index (Phi) is 4.88. The molecule has 0 unspecified atom stereocenters. The first-order valence-corrected chi connectivity index (χ1v) is 8.57. The average molecular weight is 327 g/mol. The maximum atomic E-state index is 12.6. The molecule has 24 heavy (non-hydrogen) atoms. The highest BCUT2D eigenvalue weighted by atomic mass is 16.5. The van der Waals surface area contributed by atoms with Crippen LogP contribution in [0.15, 0.2) is 36.5 Å². The van der Waals surface area contributed by atoms with Gasteiger partial charge >= 0.3 is 0 Å². The molecule has 0 bridgehead atoms. The molecule has 1 saturated carbocycles. The first-order chi connectivity index (χ1) is 11.6. The molecule has 0 radical (unpaired) electrons. The van der Waals surface area contributed by atoms with Crippen LogP contribution in [0.25, 0.3) is 0 Å². The van der Waals surface area contributed by atoms with E-state index in [1.54, 1.807) is 13.3 Å². The predicted molar refractivity (Wildman–Crippen MR) is 92.9 cm³/mol. The van der Waals surface area contributed by atoms with Crippen LogP contribution >= 0.6 is 0 Å². The van der Waals surface area contributed by atoms with Crippen molar-refractivity contribution in [3.05, 3.63) is 47.8 Å². The van der Waals surface area contributed by atoms with Gasteiger partial charge in [-0.1, -0.05) is 31.0 Å². The quantitative estimate of drug-likeness (QED) is 0.886. The fourth-order valence-electron chi connectivity index (χ4n) is 3.65. The Hall–Kier alpha value is -2.30. The minimum Gasteiger partial charge on any atom is -0.496 e. The molecule has 5 nitrogen and oxygen atoms in total. The summed E-state index contributed by atoms with van der Waals surface area (Å²) in [6.07, 6.45) is 6.35. The maximum Gasteiger partial charge on any atom is 0.222 e. The first-order valence-electron chi connectivity index (χ1n) is 8.57. The minimum atomic E-state index is -0.303.